The maximum atomic E-state index is 5.35. The molecule has 3 heteroatoms. The molecule has 1 rings (SSSR count). The summed E-state index contributed by atoms with van der Waals surface area (Å²) >= 11 is 0. The minimum Gasteiger partial charge on any atom is -0.366 e. The van der Waals surface area contributed by atoms with E-state index in [1.807, 2.05) is 0 Å². The Hall–Kier alpha value is -0.0151. The zero-order valence-electron chi connectivity index (χ0n) is 8.92. The van der Waals surface area contributed by atoms with E-state index >= 15 is 0 Å². The highest BCUT2D eigenvalue weighted by Gasteiger charge is 2.21. The molecule has 0 aromatic rings. The number of nitrogens with zero attached hydrogens (tertiary/aromatic N) is 1. The lowest BCUT2D eigenvalue weighted by Gasteiger charge is -2.30. The summed E-state index contributed by atoms with van der Waals surface area (Å²) in [7, 11) is 9.66. The quantitative estimate of drug-likeness (QED) is 0.650. The van der Waals surface area contributed by atoms with Crippen LogP contribution in [-0.4, -0.2) is 40.1 Å². The standard InChI is InChI=1S/C10H21BN2/c1-13(2)8-10-5-3-4-9(6-10)7-12-11/h9-10,12H,3-8H2,1-2H3. The molecule has 0 aromatic heterocycles. The van der Waals surface area contributed by atoms with E-state index in [1.54, 1.807) is 0 Å². The van der Waals surface area contributed by atoms with Gasteiger partial charge in [-0.15, -0.1) is 0 Å². The summed E-state index contributed by atoms with van der Waals surface area (Å²) in [5.41, 5.74) is 0. The summed E-state index contributed by atoms with van der Waals surface area (Å²) in [6, 6.07) is 0. The average molecular weight is 180 g/mol. The summed E-state index contributed by atoms with van der Waals surface area (Å²) in [5.74, 6) is 1.70. The van der Waals surface area contributed by atoms with Crippen molar-refractivity contribution in [2.45, 2.75) is 25.7 Å². The molecule has 0 spiro atoms. The van der Waals surface area contributed by atoms with Crippen LogP contribution in [0.4, 0.5) is 0 Å². The van der Waals surface area contributed by atoms with Gasteiger partial charge in [0.2, 0.25) is 0 Å². The van der Waals surface area contributed by atoms with Crippen molar-refractivity contribution in [3.8, 4) is 0 Å². The van der Waals surface area contributed by atoms with Crippen LogP contribution in [0.15, 0.2) is 0 Å². The van der Waals surface area contributed by atoms with Gasteiger partial charge in [-0.1, -0.05) is 6.42 Å². The van der Waals surface area contributed by atoms with Gasteiger partial charge in [0.15, 0.2) is 7.98 Å². The van der Waals surface area contributed by atoms with Crippen LogP contribution in [0.5, 0.6) is 0 Å². The third-order valence-corrected chi connectivity index (χ3v) is 2.92. The first kappa shape index (κ1) is 11.1. The van der Waals surface area contributed by atoms with Crippen LogP contribution >= 0.6 is 0 Å². The van der Waals surface area contributed by atoms with Gasteiger partial charge in [-0.2, -0.15) is 0 Å². The van der Waals surface area contributed by atoms with Crippen LogP contribution in [0.1, 0.15) is 25.7 Å². The fraction of sp³-hybridized carbons (Fsp3) is 1.00. The molecule has 1 fully saturated rings. The molecular weight excluding hydrogens is 159 g/mol. The van der Waals surface area contributed by atoms with Crippen LogP contribution in [-0.2, 0) is 0 Å². The monoisotopic (exact) mass is 180 g/mol. The first-order valence-corrected chi connectivity index (χ1v) is 5.30. The van der Waals surface area contributed by atoms with Gasteiger partial charge in [-0.05, 0) is 51.7 Å². The highest BCUT2D eigenvalue weighted by molar-refractivity contribution is 6.04. The van der Waals surface area contributed by atoms with Crippen molar-refractivity contribution < 1.29 is 0 Å². The smallest absolute Gasteiger partial charge is 0.177 e. The Kier molecular flexibility index (Phi) is 4.82. The fourth-order valence-corrected chi connectivity index (χ4v) is 2.44. The topological polar surface area (TPSA) is 15.3 Å². The Morgan fingerprint density at radius 3 is 2.62 bits per heavy atom. The van der Waals surface area contributed by atoms with Gasteiger partial charge in [0.1, 0.15) is 0 Å². The third kappa shape index (κ3) is 4.14. The normalized spacial score (nSPS) is 29.5. The van der Waals surface area contributed by atoms with Gasteiger partial charge in [0, 0.05) is 6.54 Å². The molecule has 1 N–H and O–H groups in total. The fourth-order valence-electron chi connectivity index (χ4n) is 2.44. The van der Waals surface area contributed by atoms with Crippen molar-refractivity contribution in [2.24, 2.45) is 11.8 Å². The second-order valence-electron chi connectivity index (χ2n) is 4.57. The van der Waals surface area contributed by atoms with Crippen molar-refractivity contribution in [2.75, 3.05) is 27.2 Å². The zero-order valence-corrected chi connectivity index (χ0v) is 8.92. The number of hydrogen-bond donors (Lipinski definition) is 1. The van der Waals surface area contributed by atoms with Crippen molar-refractivity contribution in [1.82, 2.24) is 10.1 Å². The molecule has 74 valence electrons. The van der Waals surface area contributed by atoms with Crippen molar-refractivity contribution in [1.29, 1.82) is 0 Å². The van der Waals surface area contributed by atoms with Crippen molar-refractivity contribution in [3.63, 3.8) is 0 Å². The van der Waals surface area contributed by atoms with Gasteiger partial charge >= 0.3 is 0 Å². The molecule has 1 aliphatic carbocycles. The molecule has 0 saturated heterocycles. The van der Waals surface area contributed by atoms with Crippen molar-refractivity contribution >= 4 is 7.98 Å². The Labute approximate surface area is 83.5 Å². The molecule has 0 aliphatic heterocycles. The van der Waals surface area contributed by atoms with Crippen LogP contribution < -0.4 is 5.23 Å². The molecule has 1 saturated carbocycles. The van der Waals surface area contributed by atoms with Gasteiger partial charge in [-0.25, -0.2) is 0 Å². The van der Waals surface area contributed by atoms with Crippen LogP contribution in [0.3, 0.4) is 0 Å². The molecule has 0 amide bonds. The Bertz CT molecular complexity index is 137. The van der Waals surface area contributed by atoms with E-state index in [0.29, 0.717) is 0 Å². The Morgan fingerprint density at radius 1 is 1.31 bits per heavy atom. The lowest BCUT2D eigenvalue weighted by molar-refractivity contribution is 0.216. The summed E-state index contributed by atoms with van der Waals surface area (Å²) in [6.45, 7) is 2.23. The van der Waals surface area contributed by atoms with E-state index in [9.17, 15) is 0 Å². The number of hydrogen-bond acceptors (Lipinski definition) is 2. The lowest BCUT2D eigenvalue weighted by Crippen LogP contribution is -2.30. The first-order valence-electron chi connectivity index (χ1n) is 5.30. The molecule has 0 bridgehead atoms. The highest BCUT2D eigenvalue weighted by Crippen LogP contribution is 2.28. The second kappa shape index (κ2) is 5.66. The first-order chi connectivity index (χ1) is 6.22. The minimum atomic E-state index is 0.809. The maximum absolute atomic E-state index is 5.35. The summed E-state index contributed by atoms with van der Waals surface area (Å²) in [5, 5.41) is 2.80. The maximum Gasteiger partial charge on any atom is 0.177 e. The van der Waals surface area contributed by atoms with E-state index in [4.69, 9.17) is 7.98 Å². The minimum absolute atomic E-state index is 0.809. The molecule has 2 atom stereocenters. The number of nitrogens with one attached hydrogen (secondary N) is 1. The van der Waals surface area contributed by atoms with E-state index in [-0.39, 0.29) is 0 Å². The number of rotatable bonds is 4. The van der Waals surface area contributed by atoms with E-state index in [0.717, 1.165) is 18.4 Å². The zero-order chi connectivity index (χ0) is 9.68. The molecule has 2 radical (unpaired) electrons. The van der Waals surface area contributed by atoms with Crippen LogP contribution in [0, 0.1) is 11.8 Å². The molecule has 0 aromatic carbocycles. The predicted molar refractivity (Wildman–Crippen MR) is 57.8 cm³/mol. The summed E-state index contributed by atoms with van der Waals surface area (Å²) in [6.07, 6.45) is 5.49. The van der Waals surface area contributed by atoms with E-state index in [1.165, 1.54) is 32.2 Å². The summed E-state index contributed by atoms with van der Waals surface area (Å²) < 4.78 is 0. The van der Waals surface area contributed by atoms with E-state index in [2.05, 4.69) is 24.2 Å². The molecule has 2 nitrogen and oxygen atoms in total. The lowest BCUT2D eigenvalue weighted by atomic mass is 9.81. The molecule has 1 aliphatic rings. The SMILES string of the molecule is [B]NCC1CCCC(CN(C)C)C1. The van der Waals surface area contributed by atoms with Gasteiger partial charge in [0.05, 0.1) is 0 Å². The molecule has 0 heterocycles. The van der Waals surface area contributed by atoms with Crippen LogP contribution in [0.2, 0.25) is 0 Å². The Morgan fingerprint density at radius 2 is 2.00 bits per heavy atom. The van der Waals surface area contributed by atoms with Crippen LogP contribution in [0.25, 0.3) is 0 Å². The predicted octanol–water partition coefficient (Wildman–Crippen LogP) is 1.03. The Balaban J connectivity index is 2.24. The second-order valence-corrected chi connectivity index (χ2v) is 4.57. The molecule has 2 unspecified atom stereocenters. The average Bonchev–Trinajstić information content (AvgIpc) is 2.04. The van der Waals surface area contributed by atoms with E-state index < -0.39 is 0 Å². The summed E-state index contributed by atoms with van der Waals surface area (Å²) in [4.78, 5) is 2.29. The third-order valence-electron chi connectivity index (χ3n) is 2.92. The largest absolute Gasteiger partial charge is 0.366 e. The van der Waals surface area contributed by atoms with Crippen molar-refractivity contribution in [3.05, 3.63) is 0 Å². The van der Waals surface area contributed by atoms with Gasteiger partial charge in [0.25, 0.3) is 0 Å². The van der Waals surface area contributed by atoms with Gasteiger partial charge < -0.3 is 10.1 Å². The van der Waals surface area contributed by atoms with Gasteiger partial charge in [-0.3, -0.25) is 0 Å². The highest BCUT2D eigenvalue weighted by atomic mass is 15.1. The molecular formula is C10H21BN2. The molecule has 13 heavy (non-hydrogen) atoms.